The molecule has 1 amide bonds. The van der Waals surface area contributed by atoms with Crippen molar-refractivity contribution in [3.8, 4) is 11.5 Å². The second-order valence-electron chi connectivity index (χ2n) is 4.19. The van der Waals surface area contributed by atoms with Gasteiger partial charge in [-0.3, -0.25) is 14.8 Å². The van der Waals surface area contributed by atoms with Gasteiger partial charge in [0, 0.05) is 24.2 Å². The van der Waals surface area contributed by atoms with Crippen molar-refractivity contribution in [3.05, 3.63) is 49.1 Å². The summed E-state index contributed by atoms with van der Waals surface area (Å²) in [6.45, 7) is 0. The number of carbonyl (C=O) groups is 1. The van der Waals surface area contributed by atoms with Crippen LogP contribution in [0.3, 0.4) is 0 Å². The van der Waals surface area contributed by atoms with Gasteiger partial charge in [-0.2, -0.15) is 0 Å². The van der Waals surface area contributed by atoms with Crippen molar-refractivity contribution >= 4 is 23.4 Å². The van der Waals surface area contributed by atoms with Gasteiger partial charge in [0.2, 0.25) is 11.8 Å². The summed E-state index contributed by atoms with van der Waals surface area (Å²) in [4.78, 5) is 19.7. The van der Waals surface area contributed by atoms with Crippen LogP contribution >= 0.6 is 11.8 Å². The Morgan fingerprint density at radius 3 is 2.77 bits per heavy atom. The summed E-state index contributed by atoms with van der Waals surface area (Å²) < 4.78 is 5.49. The first-order valence-corrected chi connectivity index (χ1v) is 7.36. The second-order valence-corrected chi connectivity index (χ2v) is 5.11. The minimum absolute atomic E-state index is 0.165. The fourth-order valence-corrected chi connectivity index (χ4v) is 2.20. The van der Waals surface area contributed by atoms with Gasteiger partial charge in [-0.15, -0.1) is 10.2 Å². The Balaban J connectivity index is 1.56. The number of rotatable bonds is 5. The van der Waals surface area contributed by atoms with Crippen molar-refractivity contribution in [2.75, 3.05) is 11.1 Å². The molecule has 8 heteroatoms. The second kappa shape index (κ2) is 6.81. The highest BCUT2D eigenvalue weighted by molar-refractivity contribution is 7.99. The molecule has 3 heterocycles. The van der Waals surface area contributed by atoms with Crippen LogP contribution in [0.1, 0.15) is 0 Å². The summed E-state index contributed by atoms with van der Waals surface area (Å²) in [7, 11) is 0. The molecule has 3 aromatic heterocycles. The van der Waals surface area contributed by atoms with Crippen LogP contribution in [-0.2, 0) is 4.79 Å². The molecule has 0 spiro atoms. The number of thioether (sulfide) groups is 1. The third-order valence-corrected chi connectivity index (χ3v) is 3.42. The van der Waals surface area contributed by atoms with Crippen LogP contribution < -0.4 is 5.32 Å². The number of hydrogen-bond acceptors (Lipinski definition) is 7. The Bertz CT molecular complexity index is 748. The molecule has 0 fully saturated rings. The van der Waals surface area contributed by atoms with Gasteiger partial charge in [-0.25, -0.2) is 0 Å². The highest BCUT2D eigenvalue weighted by Gasteiger charge is 2.11. The lowest BCUT2D eigenvalue weighted by Crippen LogP contribution is -2.13. The first-order valence-electron chi connectivity index (χ1n) is 6.38. The number of carbonyl (C=O) groups excluding carboxylic acids is 1. The molecular weight excluding hydrogens is 302 g/mol. The fourth-order valence-electron chi connectivity index (χ4n) is 1.64. The number of aromatic nitrogens is 4. The van der Waals surface area contributed by atoms with E-state index in [0.29, 0.717) is 16.8 Å². The van der Waals surface area contributed by atoms with Gasteiger partial charge in [-0.05, 0) is 24.3 Å². The zero-order chi connectivity index (χ0) is 15.2. The van der Waals surface area contributed by atoms with Crippen molar-refractivity contribution in [1.82, 2.24) is 20.2 Å². The summed E-state index contributed by atoms with van der Waals surface area (Å²) >= 11 is 1.17. The molecular formula is C14H11N5O2S. The Morgan fingerprint density at radius 1 is 1.14 bits per heavy atom. The Morgan fingerprint density at radius 2 is 2.00 bits per heavy atom. The molecule has 7 nitrogen and oxygen atoms in total. The molecule has 0 radical (unpaired) electrons. The number of anilines is 1. The standard InChI is InChI=1S/C14H11N5O2S/c20-12(17-11-2-1-5-16-8-11)9-22-14-19-18-13(21-14)10-3-6-15-7-4-10/h1-8H,9H2,(H,17,20). The van der Waals surface area contributed by atoms with E-state index in [0.717, 1.165) is 5.56 Å². The molecule has 0 aliphatic carbocycles. The van der Waals surface area contributed by atoms with E-state index in [-0.39, 0.29) is 11.7 Å². The number of amides is 1. The first kappa shape index (κ1) is 14.2. The maximum Gasteiger partial charge on any atom is 0.277 e. The molecule has 1 N–H and O–H groups in total. The van der Waals surface area contributed by atoms with Gasteiger partial charge in [0.1, 0.15) is 0 Å². The molecule has 22 heavy (non-hydrogen) atoms. The summed E-state index contributed by atoms with van der Waals surface area (Å²) in [5.74, 6) is 0.409. The fraction of sp³-hybridized carbons (Fsp3) is 0.0714. The van der Waals surface area contributed by atoms with Crippen molar-refractivity contribution in [2.24, 2.45) is 0 Å². The van der Waals surface area contributed by atoms with Crippen LogP contribution in [0, 0.1) is 0 Å². The first-order chi connectivity index (χ1) is 10.8. The molecule has 0 atom stereocenters. The minimum Gasteiger partial charge on any atom is -0.411 e. The predicted octanol–water partition coefficient (Wildman–Crippen LogP) is 2.26. The minimum atomic E-state index is -0.165. The maximum atomic E-state index is 11.8. The van der Waals surface area contributed by atoms with E-state index in [1.165, 1.54) is 11.8 Å². The number of nitrogens with zero attached hydrogens (tertiary/aromatic N) is 4. The van der Waals surface area contributed by atoms with E-state index in [4.69, 9.17) is 4.42 Å². The smallest absolute Gasteiger partial charge is 0.277 e. The SMILES string of the molecule is O=C(CSc1nnc(-c2ccncc2)o1)Nc1cccnc1. The molecule has 0 aromatic carbocycles. The highest BCUT2D eigenvalue weighted by atomic mass is 32.2. The lowest BCUT2D eigenvalue weighted by atomic mass is 10.3. The van der Waals surface area contributed by atoms with E-state index < -0.39 is 0 Å². The summed E-state index contributed by atoms with van der Waals surface area (Å²) in [5.41, 5.74) is 1.44. The van der Waals surface area contributed by atoms with Crippen molar-refractivity contribution in [2.45, 2.75) is 5.22 Å². The van der Waals surface area contributed by atoms with Gasteiger partial charge in [-0.1, -0.05) is 11.8 Å². The molecule has 0 bridgehead atoms. The number of nitrogens with one attached hydrogen (secondary N) is 1. The lowest BCUT2D eigenvalue weighted by molar-refractivity contribution is -0.113. The molecule has 0 unspecified atom stereocenters. The van der Waals surface area contributed by atoms with E-state index in [1.807, 2.05) is 0 Å². The molecule has 3 rings (SSSR count). The molecule has 0 saturated carbocycles. The lowest BCUT2D eigenvalue weighted by Gasteiger charge is -2.02. The van der Waals surface area contributed by atoms with Gasteiger partial charge in [0.25, 0.3) is 5.22 Å². The zero-order valence-electron chi connectivity index (χ0n) is 11.3. The topological polar surface area (TPSA) is 93.8 Å². The Labute approximate surface area is 130 Å². The van der Waals surface area contributed by atoms with E-state index in [9.17, 15) is 4.79 Å². The summed E-state index contributed by atoms with van der Waals surface area (Å²) in [6.07, 6.45) is 6.52. The maximum absolute atomic E-state index is 11.8. The van der Waals surface area contributed by atoms with E-state index >= 15 is 0 Å². The van der Waals surface area contributed by atoms with Crippen LogP contribution in [-0.4, -0.2) is 31.8 Å². The van der Waals surface area contributed by atoms with Gasteiger partial charge >= 0.3 is 0 Å². The summed E-state index contributed by atoms with van der Waals surface area (Å²) in [6, 6.07) is 7.07. The van der Waals surface area contributed by atoms with Crippen LogP contribution in [0.4, 0.5) is 5.69 Å². The Kier molecular flexibility index (Phi) is 4.40. The van der Waals surface area contributed by atoms with Crippen molar-refractivity contribution in [1.29, 1.82) is 0 Å². The number of pyridine rings is 2. The van der Waals surface area contributed by atoms with Crippen molar-refractivity contribution in [3.63, 3.8) is 0 Å². The average Bonchev–Trinajstić information content (AvgIpc) is 3.04. The van der Waals surface area contributed by atoms with E-state index in [1.54, 1.807) is 49.1 Å². The molecule has 0 aliphatic heterocycles. The zero-order valence-corrected chi connectivity index (χ0v) is 12.2. The third kappa shape index (κ3) is 3.67. The monoisotopic (exact) mass is 313 g/mol. The normalized spacial score (nSPS) is 10.4. The van der Waals surface area contributed by atoms with Gasteiger partial charge in [0.05, 0.1) is 17.6 Å². The molecule has 110 valence electrons. The van der Waals surface area contributed by atoms with Crippen molar-refractivity contribution < 1.29 is 9.21 Å². The highest BCUT2D eigenvalue weighted by Crippen LogP contribution is 2.22. The van der Waals surface area contributed by atoms with Gasteiger partial charge in [0.15, 0.2) is 0 Å². The largest absolute Gasteiger partial charge is 0.411 e. The third-order valence-electron chi connectivity index (χ3n) is 2.61. The summed E-state index contributed by atoms with van der Waals surface area (Å²) in [5, 5.41) is 10.9. The van der Waals surface area contributed by atoms with E-state index in [2.05, 4.69) is 25.5 Å². The van der Waals surface area contributed by atoms with Crippen LogP contribution in [0.2, 0.25) is 0 Å². The molecule has 3 aromatic rings. The van der Waals surface area contributed by atoms with Crippen LogP contribution in [0.25, 0.3) is 11.5 Å². The predicted molar refractivity (Wildman–Crippen MR) is 81.1 cm³/mol. The van der Waals surface area contributed by atoms with Crippen LogP contribution in [0.15, 0.2) is 58.7 Å². The quantitative estimate of drug-likeness (QED) is 0.722. The van der Waals surface area contributed by atoms with Crippen LogP contribution in [0.5, 0.6) is 0 Å². The average molecular weight is 313 g/mol. The molecule has 0 aliphatic rings. The molecule has 0 saturated heterocycles. The Hall–Kier alpha value is -2.74. The number of hydrogen-bond donors (Lipinski definition) is 1. The van der Waals surface area contributed by atoms with Gasteiger partial charge < -0.3 is 9.73 Å².